The van der Waals surface area contributed by atoms with Crippen LogP contribution in [-0.2, 0) is 9.53 Å². The van der Waals surface area contributed by atoms with E-state index in [1.54, 1.807) is 26.8 Å². The second kappa shape index (κ2) is 5.12. The smallest absolute Gasteiger partial charge is 0.338 e. The van der Waals surface area contributed by atoms with Gasteiger partial charge in [-0.2, -0.15) is 0 Å². The van der Waals surface area contributed by atoms with Crippen molar-refractivity contribution in [2.24, 2.45) is 0 Å². The third-order valence-corrected chi connectivity index (χ3v) is 2.14. The molecule has 4 nitrogen and oxygen atoms in total. The van der Waals surface area contributed by atoms with Crippen molar-refractivity contribution in [3.8, 4) is 0 Å². The van der Waals surface area contributed by atoms with Gasteiger partial charge in [0, 0.05) is 23.5 Å². The monoisotopic (exact) mass is 247 g/mol. The molecule has 1 aromatic heterocycles. The highest BCUT2D eigenvalue weighted by molar-refractivity contribution is 6.16. The van der Waals surface area contributed by atoms with Gasteiger partial charge >= 0.3 is 5.97 Å². The van der Waals surface area contributed by atoms with Gasteiger partial charge in [0.2, 0.25) is 0 Å². The molecule has 0 atom stereocenters. The molecular formula is C14H17NO3. The van der Waals surface area contributed by atoms with E-state index in [9.17, 15) is 9.59 Å². The summed E-state index contributed by atoms with van der Waals surface area (Å²) in [6.07, 6.45) is 2.94. The van der Waals surface area contributed by atoms with Crippen molar-refractivity contribution in [3.05, 3.63) is 36.2 Å². The Morgan fingerprint density at radius 2 is 1.78 bits per heavy atom. The molecular weight excluding hydrogens is 230 g/mol. The highest BCUT2D eigenvalue weighted by Gasteiger charge is 2.20. The van der Waals surface area contributed by atoms with Crippen LogP contribution in [0.4, 0.5) is 0 Å². The fourth-order valence-corrected chi connectivity index (χ4v) is 1.26. The van der Waals surface area contributed by atoms with Crippen LogP contribution in [0.2, 0.25) is 0 Å². The first-order valence-corrected chi connectivity index (χ1v) is 5.59. The first-order chi connectivity index (χ1) is 8.20. The summed E-state index contributed by atoms with van der Waals surface area (Å²) < 4.78 is 5.20. The lowest BCUT2D eigenvalue weighted by Crippen LogP contribution is -2.24. The van der Waals surface area contributed by atoms with E-state index in [1.165, 1.54) is 19.3 Å². The highest BCUT2D eigenvalue weighted by Crippen LogP contribution is 2.18. The molecule has 1 rings (SSSR count). The fourth-order valence-electron chi connectivity index (χ4n) is 1.26. The van der Waals surface area contributed by atoms with Crippen LogP contribution in [0.25, 0.3) is 5.57 Å². The zero-order chi connectivity index (χ0) is 13.9. The molecule has 0 spiro atoms. The van der Waals surface area contributed by atoms with Gasteiger partial charge in [0.05, 0.1) is 5.57 Å². The summed E-state index contributed by atoms with van der Waals surface area (Å²) in [6.45, 7) is 10.5. The number of esters is 1. The number of pyridine rings is 1. The molecule has 0 saturated carbocycles. The number of aromatic nitrogens is 1. The van der Waals surface area contributed by atoms with Crippen LogP contribution in [0, 0.1) is 0 Å². The standard InChI is InChI=1S/C14H17NO3/c1-9(13(17)18-14(3,4)5)11-6-12(10(2)16)8-15-7-11/h6-8H,1H2,2-5H3. The molecule has 4 heteroatoms. The maximum atomic E-state index is 11.8. The van der Waals surface area contributed by atoms with Crippen molar-refractivity contribution in [2.75, 3.05) is 0 Å². The van der Waals surface area contributed by atoms with Gasteiger partial charge in [-0.05, 0) is 33.8 Å². The number of carbonyl (C=O) groups is 2. The molecule has 0 unspecified atom stereocenters. The number of rotatable bonds is 3. The molecule has 0 aliphatic rings. The number of hydrogen-bond donors (Lipinski definition) is 0. The first-order valence-electron chi connectivity index (χ1n) is 5.59. The van der Waals surface area contributed by atoms with E-state index in [0.29, 0.717) is 11.1 Å². The van der Waals surface area contributed by atoms with Gasteiger partial charge in [0.25, 0.3) is 0 Å². The van der Waals surface area contributed by atoms with Crippen LogP contribution >= 0.6 is 0 Å². The largest absolute Gasteiger partial charge is 0.456 e. The molecule has 0 bridgehead atoms. The summed E-state index contributed by atoms with van der Waals surface area (Å²) in [5.74, 6) is -0.619. The van der Waals surface area contributed by atoms with Crippen LogP contribution < -0.4 is 0 Å². The van der Waals surface area contributed by atoms with Gasteiger partial charge in [-0.15, -0.1) is 0 Å². The maximum Gasteiger partial charge on any atom is 0.338 e. The Morgan fingerprint density at radius 3 is 2.28 bits per heavy atom. The summed E-state index contributed by atoms with van der Waals surface area (Å²) in [7, 11) is 0. The topological polar surface area (TPSA) is 56.3 Å². The molecule has 0 aliphatic carbocycles. The van der Waals surface area contributed by atoms with E-state index < -0.39 is 11.6 Å². The molecule has 0 radical (unpaired) electrons. The first kappa shape index (κ1) is 14.1. The Morgan fingerprint density at radius 1 is 1.22 bits per heavy atom. The summed E-state index contributed by atoms with van der Waals surface area (Å²) in [4.78, 5) is 27.0. The Hall–Kier alpha value is -1.97. The van der Waals surface area contributed by atoms with Gasteiger partial charge in [-0.1, -0.05) is 6.58 Å². The summed E-state index contributed by atoms with van der Waals surface area (Å²) in [5.41, 5.74) is 0.556. The van der Waals surface area contributed by atoms with E-state index in [1.807, 2.05) is 0 Å². The van der Waals surface area contributed by atoms with E-state index in [2.05, 4.69) is 11.6 Å². The predicted molar refractivity (Wildman–Crippen MR) is 69.1 cm³/mol. The van der Waals surface area contributed by atoms with E-state index in [-0.39, 0.29) is 11.4 Å². The lowest BCUT2D eigenvalue weighted by molar-refractivity contribution is -0.147. The lowest BCUT2D eigenvalue weighted by Gasteiger charge is -2.20. The molecule has 1 aromatic rings. The van der Waals surface area contributed by atoms with Gasteiger partial charge in [0.15, 0.2) is 5.78 Å². The van der Waals surface area contributed by atoms with Crippen molar-refractivity contribution in [1.29, 1.82) is 0 Å². The average molecular weight is 247 g/mol. The predicted octanol–water partition coefficient (Wildman–Crippen LogP) is 2.64. The van der Waals surface area contributed by atoms with Crippen LogP contribution in [0.5, 0.6) is 0 Å². The minimum Gasteiger partial charge on any atom is -0.456 e. The third-order valence-electron chi connectivity index (χ3n) is 2.14. The fraction of sp³-hybridized carbons (Fsp3) is 0.357. The SMILES string of the molecule is C=C(C(=O)OC(C)(C)C)c1cncc(C(C)=O)c1. The summed E-state index contributed by atoms with van der Waals surface area (Å²) in [6, 6.07) is 1.58. The Balaban J connectivity index is 2.94. The van der Waals surface area contributed by atoms with Crippen LogP contribution in [0.3, 0.4) is 0 Å². The van der Waals surface area contributed by atoms with Gasteiger partial charge in [-0.3, -0.25) is 9.78 Å². The second-order valence-corrected chi connectivity index (χ2v) is 5.00. The van der Waals surface area contributed by atoms with Gasteiger partial charge in [-0.25, -0.2) is 4.79 Å². The molecule has 0 aliphatic heterocycles. The number of nitrogens with zero attached hydrogens (tertiary/aromatic N) is 1. The van der Waals surface area contributed by atoms with Crippen LogP contribution in [0.15, 0.2) is 25.0 Å². The van der Waals surface area contributed by atoms with Crippen LogP contribution in [-0.4, -0.2) is 22.3 Å². The molecule has 0 fully saturated rings. The zero-order valence-corrected chi connectivity index (χ0v) is 11.1. The van der Waals surface area contributed by atoms with Crippen molar-refractivity contribution >= 4 is 17.3 Å². The maximum absolute atomic E-state index is 11.8. The third kappa shape index (κ3) is 3.80. The number of ether oxygens (including phenoxy) is 1. The number of hydrogen-bond acceptors (Lipinski definition) is 4. The van der Waals surface area contributed by atoms with Crippen molar-refractivity contribution in [3.63, 3.8) is 0 Å². The molecule has 0 saturated heterocycles. The molecule has 0 N–H and O–H groups in total. The Kier molecular flexibility index (Phi) is 4.01. The average Bonchev–Trinajstić information content (AvgIpc) is 2.26. The summed E-state index contributed by atoms with van der Waals surface area (Å²) in [5, 5.41) is 0. The normalized spacial score (nSPS) is 10.9. The van der Waals surface area contributed by atoms with E-state index >= 15 is 0 Å². The number of Topliss-reactive ketones (excluding diaryl/α,β-unsaturated/α-hetero) is 1. The molecule has 0 amide bonds. The molecule has 0 aromatic carbocycles. The highest BCUT2D eigenvalue weighted by atomic mass is 16.6. The quantitative estimate of drug-likeness (QED) is 0.468. The summed E-state index contributed by atoms with van der Waals surface area (Å²) >= 11 is 0. The molecule has 1 heterocycles. The van der Waals surface area contributed by atoms with Gasteiger partial charge < -0.3 is 4.74 Å². The minimum atomic E-state index is -0.578. The van der Waals surface area contributed by atoms with E-state index in [0.717, 1.165) is 0 Å². The van der Waals surface area contributed by atoms with Crippen LogP contribution in [0.1, 0.15) is 43.6 Å². The Bertz CT molecular complexity index is 498. The molecule has 18 heavy (non-hydrogen) atoms. The van der Waals surface area contributed by atoms with Crippen molar-refractivity contribution < 1.29 is 14.3 Å². The lowest BCUT2D eigenvalue weighted by atomic mass is 10.1. The Labute approximate surface area is 107 Å². The number of carbonyl (C=O) groups excluding carboxylic acids is 2. The van der Waals surface area contributed by atoms with Crippen molar-refractivity contribution in [1.82, 2.24) is 4.98 Å². The van der Waals surface area contributed by atoms with Gasteiger partial charge in [0.1, 0.15) is 5.60 Å². The molecule has 96 valence electrons. The number of ketones is 1. The zero-order valence-electron chi connectivity index (χ0n) is 11.1. The minimum absolute atomic E-state index is 0.110. The van der Waals surface area contributed by atoms with E-state index in [4.69, 9.17) is 4.74 Å². The second-order valence-electron chi connectivity index (χ2n) is 5.00. The van der Waals surface area contributed by atoms with Crippen molar-refractivity contribution in [2.45, 2.75) is 33.3 Å².